The molecule has 0 saturated carbocycles. The fourth-order valence-electron chi connectivity index (χ4n) is 13.2. The van der Waals surface area contributed by atoms with Crippen LogP contribution in [0.1, 0.15) is 11.1 Å². The number of para-hydroxylation sites is 2. The highest BCUT2D eigenvalue weighted by molar-refractivity contribution is 6.43. The molecule has 0 amide bonds. The van der Waals surface area contributed by atoms with Gasteiger partial charge in [-0.1, -0.05) is 169 Å². The molecule has 0 spiro atoms. The molecule has 14 nitrogen and oxygen atoms in total. The van der Waals surface area contributed by atoms with Crippen molar-refractivity contribution < 1.29 is 36.3 Å². The SMILES string of the molecule is COc1ccc2nc(-c3ccc(-c4nc5ccc(CO)cc5o4)c4ccccc34)oc2c1.Cc1ccc2nc(-c3ccc(-c4nc5ccccc5o4)c4cc(Cl)c(Cl)cc34)oc2c1.c1ccc(-c2ccc3nc(-c4ccc(-c5nc6ccc(-c7ccccc7)cc6o5)c5ccccc45)oc3c2)cc1. The van der Waals surface area contributed by atoms with Gasteiger partial charge in [0.2, 0.25) is 35.3 Å². The Balaban J connectivity index is 0.000000112. The van der Waals surface area contributed by atoms with Gasteiger partial charge in [0.1, 0.15) is 38.8 Å². The van der Waals surface area contributed by atoms with Crippen molar-refractivity contribution in [2.24, 2.45) is 0 Å². The lowest BCUT2D eigenvalue weighted by Crippen LogP contribution is -1.87. The van der Waals surface area contributed by atoms with Gasteiger partial charge in [-0.15, -0.1) is 0 Å². The van der Waals surface area contributed by atoms with Gasteiger partial charge >= 0.3 is 0 Å². The molecule has 20 aromatic rings. The summed E-state index contributed by atoms with van der Waals surface area (Å²) in [6.45, 7) is 1.98. The van der Waals surface area contributed by atoms with E-state index in [2.05, 4.69) is 80.6 Å². The number of aliphatic hydroxyl groups is 1. The van der Waals surface area contributed by atoms with E-state index in [1.807, 2.05) is 219 Å². The lowest BCUT2D eigenvalue weighted by Gasteiger charge is -2.09. The molecule has 0 saturated heterocycles. The molecular formula is C87H54Cl2N6O8. The molecule has 6 heterocycles. The average molecular weight is 1380 g/mol. The highest BCUT2D eigenvalue weighted by Gasteiger charge is 2.23. The number of benzene rings is 14. The van der Waals surface area contributed by atoms with Crippen molar-refractivity contribution in [2.45, 2.75) is 13.5 Å². The van der Waals surface area contributed by atoms with E-state index < -0.39 is 0 Å². The molecule has 0 atom stereocenters. The monoisotopic (exact) mass is 1380 g/mol. The minimum Gasteiger partial charge on any atom is -0.497 e. The summed E-state index contributed by atoms with van der Waals surface area (Å²) in [4.78, 5) is 28.4. The highest BCUT2D eigenvalue weighted by atomic mass is 35.5. The van der Waals surface area contributed by atoms with Gasteiger partial charge in [0, 0.05) is 39.4 Å². The number of rotatable bonds is 10. The predicted molar refractivity (Wildman–Crippen MR) is 408 cm³/mol. The van der Waals surface area contributed by atoms with Crippen molar-refractivity contribution in [1.82, 2.24) is 29.9 Å². The van der Waals surface area contributed by atoms with E-state index in [-0.39, 0.29) is 6.61 Å². The van der Waals surface area contributed by atoms with E-state index in [9.17, 15) is 5.11 Å². The molecule has 1 N–H and O–H groups in total. The molecule has 0 fully saturated rings. The maximum Gasteiger partial charge on any atom is 0.227 e. The number of nitrogens with zero attached hydrogens (tertiary/aromatic N) is 6. The number of oxazole rings is 6. The third kappa shape index (κ3) is 11.7. The molecule has 103 heavy (non-hydrogen) atoms. The Bertz CT molecular complexity index is 6360. The molecule has 20 rings (SSSR count). The minimum absolute atomic E-state index is 0.0417. The topological polar surface area (TPSA) is 186 Å². The summed E-state index contributed by atoms with van der Waals surface area (Å²) >= 11 is 12.8. The minimum atomic E-state index is -0.0417. The van der Waals surface area contributed by atoms with Crippen LogP contribution in [0.15, 0.2) is 299 Å². The van der Waals surface area contributed by atoms with Crippen LogP contribution in [0.2, 0.25) is 10.0 Å². The second-order valence-electron chi connectivity index (χ2n) is 24.8. The quantitative estimate of drug-likeness (QED) is 0.136. The smallest absolute Gasteiger partial charge is 0.227 e. The maximum atomic E-state index is 9.40. The number of ether oxygens (including phenoxy) is 1. The summed E-state index contributed by atoms with van der Waals surface area (Å²) in [6, 6.07) is 89.5. The molecule has 0 radical (unpaired) electrons. The van der Waals surface area contributed by atoms with Crippen LogP contribution in [0.4, 0.5) is 0 Å². The number of hydrogen-bond acceptors (Lipinski definition) is 14. The summed E-state index contributed by atoms with van der Waals surface area (Å²) in [6.07, 6.45) is 0. The van der Waals surface area contributed by atoms with Gasteiger partial charge in [0.25, 0.3) is 0 Å². The van der Waals surface area contributed by atoms with Gasteiger partial charge in [-0.2, -0.15) is 0 Å². The van der Waals surface area contributed by atoms with Crippen LogP contribution in [-0.2, 0) is 6.61 Å². The Morgan fingerprint density at radius 1 is 0.291 bits per heavy atom. The Labute approximate surface area is 596 Å². The van der Waals surface area contributed by atoms with Crippen molar-refractivity contribution in [2.75, 3.05) is 7.11 Å². The van der Waals surface area contributed by atoms with Gasteiger partial charge in [0.05, 0.1) is 23.8 Å². The summed E-state index contributed by atoms with van der Waals surface area (Å²) in [7, 11) is 1.63. The van der Waals surface area contributed by atoms with Crippen LogP contribution < -0.4 is 4.74 Å². The van der Waals surface area contributed by atoms with E-state index in [4.69, 9.17) is 64.4 Å². The highest BCUT2D eigenvalue weighted by Crippen LogP contribution is 2.44. The Kier molecular flexibility index (Phi) is 15.7. The molecule has 0 aliphatic rings. The summed E-state index contributed by atoms with van der Waals surface area (Å²) < 4.78 is 42.2. The lowest BCUT2D eigenvalue weighted by molar-refractivity contribution is 0.282. The van der Waals surface area contributed by atoms with Crippen molar-refractivity contribution in [1.29, 1.82) is 0 Å². The first-order valence-corrected chi connectivity index (χ1v) is 33.9. The number of halogens is 2. The number of methoxy groups -OCH3 is 1. The molecule has 14 aromatic carbocycles. The Morgan fingerprint density at radius 3 is 1.04 bits per heavy atom. The standard InChI is InChI=1S/C36H22N2O2.C26H18N2O4.C25H14Cl2N2O2/c1-3-9-23(10-4-1)25-15-19-31-33(21-25)39-35(37-31)29-17-18-30(28-14-8-7-13-27(28)29)36-38-32-20-16-26(22-34(32)40-36)24-11-5-2-6-12-24;1-30-16-7-11-22-24(13-16)32-26(28-22)20-9-8-19(17-4-2-3-5-18(17)20)25-27-21-10-6-15(14-29)12-23(21)31-25;1-13-6-9-21-23(10-13)31-25(29-21)15-8-7-14(16-11-18(26)19(27)12-17(15)16)24-28-20-4-2-3-5-22(20)30-24/h1-22H;2-13,29H,14H2,1H3;2-12H,1H3. The molecular weight excluding hydrogens is 1330 g/mol. The van der Waals surface area contributed by atoms with Crippen molar-refractivity contribution in [3.05, 3.63) is 294 Å². The van der Waals surface area contributed by atoms with Crippen LogP contribution >= 0.6 is 23.2 Å². The van der Waals surface area contributed by atoms with E-state index in [0.29, 0.717) is 56.6 Å². The molecule has 16 heteroatoms. The van der Waals surface area contributed by atoms with Gasteiger partial charge in [-0.3, -0.25) is 0 Å². The largest absolute Gasteiger partial charge is 0.497 e. The zero-order chi connectivity index (χ0) is 69.2. The van der Waals surface area contributed by atoms with Crippen LogP contribution in [0.5, 0.6) is 5.75 Å². The second kappa shape index (κ2) is 26.0. The number of aryl methyl sites for hydroxylation is 1. The van der Waals surface area contributed by atoms with Crippen LogP contribution in [-0.4, -0.2) is 42.1 Å². The van der Waals surface area contributed by atoms with Gasteiger partial charge in [-0.25, -0.2) is 29.9 Å². The zero-order valence-electron chi connectivity index (χ0n) is 54.9. The van der Waals surface area contributed by atoms with Gasteiger partial charge in [-0.05, 0) is 194 Å². The van der Waals surface area contributed by atoms with Crippen molar-refractivity contribution >= 4 is 122 Å². The normalized spacial score (nSPS) is 11.6. The predicted octanol–water partition coefficient (Wildman–Crippen LogP) is 23.8. The molecule has 0 bridgehead atoms. The molecule has 494 valence electrons. The Morgan fingerprint density at radius 2 is 0.621 bits per heavy atom. The first-order valence-electron chi connectivity index (χ1n) is 33.2. The van der Waals surface area contributed by atoms with E-state index in [1.165, 1.54) is 0 Å². The van der Waals surface area contributed by atoms with E-state index in [0.717, 1.165) is 160 Å². The van der Waals surface area contributed by atoms with Gasteiger partial charge in [0.15, 0.2) is 33.5 Å². The van der Waals surface area contributed by atoms with Crippen LogP contribution in [0, 0.1) is 6.92 Å². The third-order valence-electron chi connectivity index (χ3n) is 18.3. The van der Waals surface area contributed by atoms with E-state index >= 15 is 0 Å². The van der Waals surface area contributed by atoms with Crippen molar-refractivity contribution in [3.8, 4) is 96.7 Å². The third-order valence-corrected chi connectivity index (χ3v) is 19.1. The number of aromatic nitrogens is 6. The number of fused-ring (bicyclic) bond motifs is 9. The van der Waals surface area contributed by atoms with Crippen molar-refractivity contribution in [3.63, 3.8) is 0 Å². The van der Waals surface area contributed by atoms with Crippen LogP contribution in [0.25, 0.3) is 190 Å². The average Bonchev–Trinajstić information content (AvgIpc) is 1.72. The summed E-state index contributed by atoms with van der Waals surface area (Å²) in [5.74, 6) is 4.01. The number of aliphatic hydroxyl groups excluding tert-OH is 1. The fraction of sp³-hybridized carbons (Fsp3) is 0.0345. The Hall–Kier alpha value is -13.0. The second-order valence-corrected chi connectivity index (χ2v) is 25.6. The zero-order valence-corrected chi connectivity index (χ0v) is 56.4. The molecule has 0 unspecified atom stereocenters. The van der Waals surface area contributed by atoms with E-state index in [1.54, 1.807) is 7.11 Å². The lowest BCUT2D eigenvalue weighted by atomic mass is 9.99. The first-order chi connectivity index (χ1) is 50.6. The summed E-state index contributed by atoms with van der Waals surface area (Å²) in [5, 5.41) is 16.1. The van der Waals surface area contributed by atoms with Gasteiger partial charge < -0.3 is 36.3 Å². The fourth-order valence-corrected chi connectivity index (χ4v) is 13.5. The molecule has 6 aromatic heterocycles. The summed E-state index contributed by atoms with van der Waals surface area (Å²) in [5.41, 5.74) is 20.7. The van der Waals surface area contributed by atoms with Crippen LogP contribution in [0.3, 0.4) is 0 Å². The maximum absolute atomic E-state index is 9.40. The number of hydrogen-bond donors (Lipinski definition) is 1. The molecule has 0 aliphatic carbocycles. The molecule has 0 aliphatic heterocycles. The first kappa shape index (κ1) is 62.3.